The Balaban J connectivity index is 1.12. The number of hydrogen-bond acceptors (Lipinski definition) is 5. The maximum absolute atomic E-state index is 5.96. The van der Waals surface area contributed by atoms with Crippen LogP contribution in [0.1, 0.15) is 43.0 Å². The predicted molar refractivity (Wildman–Crippen MR) is 106 cm³/mol. The Bertz CT molecular complexity index is 769. The molecule has 6 heteroatoms. The molecular formula is C21H27ClN4O. The van der Waals surface area contributed by atoms with Crippen molar-refractivity contribution in [2.75, 3.05) is 37.6 Å². The normalized spacial score (nSPS) is 28.2. The summed E-state index contributed by atoms with van der Waals surface area (Å²) >= 11 is 5.96. The van der Waals surface area contributed by atoms with Gasteiger partial charge in [0.05, 0.1) is 0 Å². The number of hydrogen-bond donors (Lipinski definition) is 0. The molecule has 3 fully saturated rings. The molecule has 2 aromatic rings. The molecule has 0 radical (unpaired) electrons. The van der Waals surface area contributed by atoms with E-state index >= 15 is 0 Å². The molecule has 2 aliphatic carbocycles. The lowest BCUT2D eigenvalue weighted by atomic mass is 9.88. The van der Waals surface area contributed by atoms with E-state index in [0.717, 1.165) is 67.8 Å². The van der Waals surface area contributed by atoms with Gasteiger partial charge in [-0.15, -0.1) is 0 Å². The molecular weight excluding hydrogens is 360 g/mol. The molecule has 0 spiro atoms. The van der Waals surface area contributed by atoms with Gasteiger partial charge in [0.2, 0.25) is 0 Å². The van der Waals surface area contributed by atoms with Crippen molar-refractivity contribution in [1.29, 1.82) is 0 Å². The van der Waals surface area contributed by atoms with E-state index in [0.29, 0.717) is 5.92 Å². The van der Waals surface area contributed by atoms with Gasteiger partial charge in [-0.1, -0.05) is 35.3 Å². The van der Waals surface area contributed by atoms with Crippen LogP contribution in [0.2, 0.25) is 5.02 Å². The van der Waals surface area contributed by atoms with Crippen molar-refractivity contribution in [3.8, 4) is 0 Å². The zero-order valence-corrected chi connectivity index (χ0v) is 16.4. The number of nitrogens with zero attached hydrogens (tertiary/aromatic N) is 4. The average molecular weight is 387 g/mol. The fraction of sp³-hybridized carbons (Fsp3) is 0.619. The van der Waals surface area contributed by atoms with Crippen LogP contribution < -0.4 is 4.90 Å². The van der Waals surface area contributed by atoms with E-state index in [9.17, 15) is 0 Å². The topological polar surface area (TPSA) is 45.4 Å². The van der Waals surface area contributed by atoms with Gasteiger partial charge in [-0.25, -0.2) is 0 Å². The molecule has 27 heavy (non-hydrogen) atoms. The summed E-state index contributed by atoms with van der Waals surface area (Å²) in [6.07, 6.45) is 6.46. The molecule has 5 rings (SSSR count). The molecule has 5 nitrogen and oxygen atoms in total. The minimum atomic E-state index is 0.543. The highest BCUT2D eigenvalue weighted by molar-refractivity contribution is 6.30. The maximum atomic E-state index is 5.96. The summed E-state index contributed by atoms with van der Waals surface area (Å²) in [5.74, 6) is 3.21. The van der Waals surface area contributed by atoms with E-state index < -0.39 is 0 Å². The second kappa shape index (κ2) is 7.44. The van der Waals surface area contributed by atoms with Crippen LogP contribution in [-0.4, -0.2) is 47.8 Å². The number of aromatic nitrogens is 2. The Labute approximate surface area is 165 Å². The van der Waals surface area contributed by atoms with Crippen molar-refractivity contribution < 1.29 is 4.52 Å². The second-order valence-corrected chi connectivity index (χ2v) is 8.86. The highest BCUT2D eigenvalue weighted by Gasteiger charge is 2.42. The van der Waals surface area contributed by atoms with Crippen LogP contribution in [-0.2, 0) is 6.42 Å². The molecule has 1 aliphatic heterocycles. The lowest BCUT2D eigenvalue weighted by molar-refractivity contribution is 0.253. The quantitative estimate of drug-likeness (QED) is 0.777. The van der Waals surface area contributed by atoms with Crippen LogP contribution >= 0.6 is 11.6 Å². The summed E-state index contributed by atoms with van der Waals surface area (Å²) in [5, 5.41) is 5.14. The van der Waals surface area contributed by atoms with Gasteiger partial charge in [0, 0.05) is 43.7 Å². The number of halogens is 1. The smallest absolute Gasteiger partial charge is 0.322 e. The molecule has 3 aliphatic rings. The van der Waals surface area contributed by atoms with Crippen molar-refractivity contribution in [2.24, 2.45) is 11.8 Å². The van der Waals surface area contributed by atoms with Gasteiger partial charge in [-0.3, -0.25) is 4.90 Å². The summed E-state index contributed by atoms with van der Waals surface area (Å²) in [6, 6.07) is 8.91. The number of benzene rings is 1. The summed E-state index contributed by atoms with van der Waals surface area (Å²) in [5.41, 5.74) is 1.34. The Morgan fingerprint density at radius 1 is 1.04 bits per heavy atom. The lowest BCUT2D eigenvalue weighted by Gasteiger charge is -2.33. The first-order valence-electron chi connectivity index (χ1n) is 10.3. The molecule has 0 N–H and O–H groups in total. The fourth-order valence-corrected chi connectivity index (χ4v) is 5.29. The van der Waals surface area contributed by atoms with Crippen molar-refractivity contribution in [1.82, 2.24) is 15.0 Å². The molecule has 3 atom stereocenters. The zero-order chi connectivity index (χ0) is 18.2. The van der Waals surface area contributed by atoms with Gasteiger partial charge in [0.15, 0.2) is 5.82 Å². The molecule has 1 aromatic heterocycles. The van der Waals surface area contributed by atoms with Gasteiger partial charge >= 0.3 is 6.01 Å². The van der Waals surface area contributed by atoms with Gasteiger partial charge in [0.25, 0.3) is 0 Å². The van der Waals surface area contributed by atoms with E-state index in [4.69, 9.17) is 21.1 Å². The molecule has 2 heterocycles. The number of rotatable bonds is 5. The van der Waals surface area contributed by atoms with E-state index in [1.807, 2.05) is 12.1 Å². The number of piperazine rings is 1. The Morgan fingerprint density at radius 2 is 1.85 bits per heavy atom. The third kappa shape index (κ3) is 3.72. The first-order valence-corrected chi connectivity index (χ1v) is 10.7. The highest BCUT2D eigenvalue weighted by atomic mass is 35.5. The van der Waals surface area contributed by atoms with Crippen LogP contribution in [0.15, 0.2) is 28.8 Å². The van der Waals surface area contributed by atoms with Crippen LogP contribution in [0, 0.1) is 11.8 Å². The summed E-state index contributed by atoms with van der Waals surface area (Å²) in [4.78, 5) is 9.54. The van der Waals surface area contributed by atoms with Crippen LogP contribution in [0.5, 0.6) is 0 Å². The second-order valence-electron chi connectivity index (χ2n) is 8.42. The Kier molecular flexibility index (Phi) is 4.82. The Morgan fingerprint density at radius 3 is 2.56 bits per heavy atom. The summed E-state index contributed by atoms with van der Waals surface area (Å²) < 4.78 is 5.63. The number of fused-ring (bicyclic) bond motifs is 2. The molecule has 0 amide bonds. The van der Waals surface area contributed by atoms with Crippen molar-refractivity contribution >= 4 is 17.6 Å². The van der Waals surface area contributed by atoms with Crippen LogP contribution in [0.3, 0.4) is 0 Å². The summed E-state index contributed by atoms with van der Waals surface area (Å²) in [7, 11) is 0. The third-order valence-electron chi connectivity index (χ3n) is 6.77. The summed E-state index contributed by atoms with van der Waals surface area (Å²) in [6.45, 7) is 5.08. The first-order chi connectivity index (χ1) is 13.2. The predicted octanol–water partition coefficient (Wildman–Crippen LogP) is 3.99. The van der Waals surface area contributed by atoms with Gasteiger partial charge < -0.3 is 9.42 Å². The SMILES string of the molecule is Clc1ccc(CCN2CCN(c3nc(C4CC5CCC4C5)no3)CC2)cc1. The van der Waals surface area contributed by atoms with Crippen LogP contribution in [0.25, 0.3) is 0 Å². The lowest BCUT2D eigenvalue weighted by Crippen LogP contribution is -2.47. The molecule has 3 unspecified atom stereocenters. The minimum absolute atomic E-state index is 0.543. The molecule has 2 saturated carbocycles. The fourth-order valence-electron chi connectivity index (χ4n) is 5.17. The van der Waals surface area contributed by atoms with Gasteiger partial charge in [-0.05, 0) is 55.2 Å². The van der Waals surface area contributed by atoms with E-state index in [2.05, 4.69) is 27.1 Å². The third-order valence-corrected chi connectivity index (χ3v) is 7.03. The van der Waals surface area contributed by atoms with Gasteiger partial charge in [0.1, 0.15) is 0 Å². The monoisotopic (exact) mass is 386 g/mol. The van der Waals surface area contributed by atoms with Crippen molar-refractivity contribution in [2.45, 2.75) is 38.0 Å². The highest BCUT2D eigenvalue weighted by Crippen LogP contribution is 2.52. The molecule has 2 bridgehead atoms. The molecule has 1 aromatic carbocycles. The van der Waals surface area contributed by atoms with Crippen LogP contribution in [0.4, 0.5) is 6.01 Å². The van der Waals surface area contributed by atoms with E-state index in [-0.39, 0.29) is 0 Å². The largest absolute Gasteiger partial charge is 0.324 e. The minimum Gasteiger partial charge on any atom is -0.322 e. The standard InChI is InChI=1S/C21H27ClN4O/c22-18-5-2-15(3-6-18)7-8-25-9-11-26(12-10-25)21-23-20(24-27-21)19-14-16-1-4-17(19)13-16/h2-3,5-6,16-17,19H,1,4,7-14H2. The average Bonchev–Trinajstić information content (AvgIpc) is 3.44. The Hall–Kier alpha value is -1.59. The van der Waals surface area contributed by atoms with E-state index in [1.165, 1.54) is 31.2 Å². The van der Waals surface area contributed by atoms with Crippen molar-refractivity contribution in [3.63, 3.8) is 0 Å². The van der Waals surface area contributed by atoms with E-state index in [1.54, 1.807) is 0 Å². The molecule has 1 saturated heterocycles. The number of anilines is 1. The maximum Gasteiger partial charge on any atom is 0.324 e. The van der Waals surface area contributed by atoms with Crippen molar-refractivity contribution in [3.05, 3.63) is 40.7 Å². The molecule has 144 valence electrons. The van der Waals surface area contributed by atoms with Gasteiger partial charge in [-0.2, -0.15) is 4.98 Å². The first kappa shape index (κ1) is 17.5. The zero-order valence-electron chi connectivity index (χ0n) is 15.7.